The van der Waals surface area contributed by atoms with Gasteiger partial charge in [-0.15, -0.1) is 0 Å². The molecule has 0 spiro atoms. The maximum atomic E-state index is 14.5. The van der Waals surface area contributed by atoms with Crippen molar-refractivity contribution in [3.05, 3.63) is 46.2 Å². The summed E-state index contributed by atoms with van der Waals surface area (Å²) in [5.41, 5.74) is 0.110. The van der Waals surface area contributed by atoms with E-state index in [2.05, 4.69) is 0 Å². The molecule has 28 heavy (non-hydrogen) atoms. The Hall–Kier alpha value is -2.02. The topological polar surface area (TPSA) is 59.0 Å². The maximum Gasteiger partial charge on any atom is 0.415 e. The zero-order valence-corrected chi connectivity index (χ0v) is 17.1. The fraction of sp³-hybridized carbons (Fsp3) is 0.350. The van der Waals surface area contributed by atoms with Gasteiger partial charge >= 0.3 is 6.09 Å². The average molecular weight is 428 g/mol. The third kappa shape index (κ3) is 4.19. The highest BCUT2D eigenvalue weighted by molar-refractivity contribution is 6.39. The molecule has 1 heterocycles. The Morgan fingerprint density at radius 3 is 2.54 bits per heavy atom. The van der Waals surface area contributed by atoms with Crippen molar-refractivity contribution in [2.75, 3.05) is 18.1 Å². The Labute approximate surface area is 172 Å². The molecule has 2 aromatic rings. The lowest BCUT2D eigenvalue weighted by Gasteiger charge is -2.36. The predicted octanol–water partition coefficient (Wildman–Crippen LogP) is 5.29. The Balaban J connectivity index is 2.19. The van der Waals surface area contributed by atoms with Crippen molar-refractivity contribution in [1.82, 2.24) is 0 Å². The van der Waals surface area contributed by atoms with Crippen molar-refractivity contribution in [3.63, 3.8) is 0 Å². The van der Waals surface area contributed by atoms with Crippen LogP contribution < -0.4 is 9.64 Å². The van der Waals surface area contributed by atoms with Gasteiger partial charge in [0.05, 0.1) is 28.9 Å². The van der Waals surface area contributed by atoms with E-state index in [1.807, 2.05) is 0 Å². The summed E-state index contributed by atoms with van der Waals surface area (Å²) in [6, 6.07) is 7.33. The highest BCUT2D eigenvalue weighted by Crippen LogP contribution is 2.47. The molecule has 1 amide bonds. The molecule has 1 unspecified atom stereocenters. The number of nitrogens with zero attached hydrogens (tertiary/aromatic N) is 1. The van der Waals surface area contributed by atoms with Crippen molar-refractivity contribution in [2.45, 2.75) is 32.5 Å². The fourth-order valence-corrected chi connectivity index (χ4v) is 3.54. The summed E-state index contributed by atoms with van der Waals surface area (Å²) < 4.78 is 25.8. The molecule has 0 aromatic heterocycles. The maximum absolute atomic E-state index is 14.5. The second-order valence-electron chi connectivity index (χ2n) is 7.41. The van der Waals surface area contributed by atoms with E-state index in [9.17, 15) is 14.3 Å². The third-order valence-corrected chi connectivity index (χ3v) is 4.68. The molecule has 150 valence electrons. The lowest BCUT2D eigenvalue weighted by atomic mass is 10.0. The van der Waals surface area contributed by atoms with Crippen molar-refractivity contribution >= 4 is 35.0 Å². The molecule has 0 saturated heterocycles. The van der Waals surface area contributed by atoms with Crippen molar-refractivity contribution in [2.24, 2.45) is 0 Å². The Kier molecular flexibility index (Phi) is 5.75. The first-order chi connectivity index (χ1) is 13.1. The van der Waals surface area contributed by atoms with Gasteiger partial charge in [0.2, 0.25) is 0 Å². The van der Waals surface area contributed by atoms with Crippen LogP contribution >= 0.6 is 23.2 Å². The van der Waals surface area contributed by atoms with E-state index in [1.165, 1.54) is 17.0 Å². The Morgan fingerprint density at radius 2 is 1.96 bits per heavy atom. The van der Waals surface area contributed by atoms with Gasteiger partial charge in [-0.2, -0.15) is 0 Å². The van der Waals surface area contributed by atoms with Crippen LogP contribution in [0.3, 0.4) is 0 Å². The van der Waals surface area contributed by atoms with Crippen LogP contribution in [0.1, 0.15) is 20.8 Å². The summed E-state index contributed by atoms with van der Waals surface area (Å²) in [6.07, 6.45) is -1.39. The van der Waals surface area contributed by atoms with Crippen LogP contribution in [0, 0.1) is 5.82 Å². The van der Waals surface area contributed by atoms with Gasteiger partial charge in [-0.05, 0) is 39.0 Å². The van der Waals surface area contributed by atoms with Gasteiger partial charge in [0.15, 0.2) is 5.75 Å². The van der Waals surface area contributed by atoms with Gasteiger partial charge in [-0.3, -0.25) is 4.90 Å². The normalized spacial score (nSPS) is 16.4. The highest BCUT2D eigenvalue weighted by Gasteiger charge is 2.35. The van der Waals surface area contributed by atoms with Crippen LogP contribution in [0.4, 0.5) is 14.9 Å². The van der Waals surface area contributed by atoms with Crippen LogP contribution in [-0.4, -0.2) is 36.1 Å². The first-order valence-corrected chi connectivity index (χ1v) is 9.42. The van der Waals surface area contributed by atoms with E-state index in [-0.39, 0.29) is 30.2 Å². The summed E-state index contributed by atoms with van der Waals surface area (Å²) in [5, 5.41) is 10.3. The second-order valence-corrected chi connectivity index (χ2v) is 8.23. The number of rotatable bonds is 2. The number of aliphatic hydroxyl groups excluding tert-OH is 1. The zero-order chi connectivity index (χ0) is 20.6. The summed E-state index contributed by atoms with van der Waals surface area (Å²) in [7, 11) is 0. The van der Waals surface area contributed by atoms with E-state index in [0.29, 0.717) is 15.6 Å². The number of benzene rings is 2. The van der Waals surface area contributed by atoms with Gasteiger partial charge in [0, 0.05) is 17.2 Å². The van der Waals surface area contributed by atoms with E-state index < -0.39 is 23.6 Å². The lowest BCUT2D eigenvalue weighted by Crippen LogP contribution is -2.47. The first kappa shape index (κ1) is 20.7. The summed E-state index contributed by atoms with van der Waals surface area (Å²) >= 11 is 12.6. The van der Waals surface area contributed by atoms with E-state index in [1.54, 1.807) is 39.0 Å². The molecule has 3 rings (SSSR count). The number of amides is 1. The number of ether oxygens (including phenoxy) is 2. The smallest absolute Gasteiger partial charge is 0.415 e. The highest BCUT2D eigenvalue weighted by atomic mass is 35.5. The molecule has 1 N–H and O–H groups in total. The molecule has 1 atom stereocenters. The molecule has 0 aliphatic carbocycles. The van der Waals surface area contributed by atoms with E-state index in [4.69, 9.17) is 32.7 Å². The summed E-state index contributed by atoms with van der Waals surface area (Å²) in [6.45, 7) is 4.87. The monoisotopic (exact) mass is 427 g/mol. The predicted molar refractivity (Wildman–Crippen MR) is 107 cm³/mol. The van der Waals surface area contributed by atoms with Gasteiger partial charge in [-0.1, -0.05) is 29.3 Å². The number of carbonyl (C=O) groups is 1. The minimum atomic E-state index is -0.744. The summed E-state index contributed by atoms with van der Waals surface area (Å²) in [5.74, 6) is -0.392. The Bertz CT molecular complexity index is 894. The Morgan fingerprint density at radius 1 is 1.32 bits per heavy atom. The lowest BCUT2D eigenvalue weighted by molar-refractivity contribution is 0.0519. The zero-order valence-electron chi connectivity index (χ0n) is 15.6. The minimum absolute atomic E-state index is 0.0115. The fourth-order valence-electron chi connectivity index (χ4n) is 2.94. The molecule has 0 fully saturated rings. The van der Waals surface area contributed by atoms with E-state index >= 15 is 0 Å². The molecular weight excluding hydrogens is 408 g/mol. The average Bonchev–Trinajstić information content (AvgIpc) is 2.59. The van der Waals surface area contributed by atoms with Crippen LogP contribution in [0.2, 0.25) is 10.0 Å². The molecule has 0 radical (unpaired) electrons. The second kappa shape index (κ2) is 7.78. The number of halogens is 3. The standard InChI is InChI=1S/C20H20Cl2FNO4/c1-20(2,3)28-19(26)24-9-12(10-25)27-18-13(7-11(23)8-16(18)24)17-14(21)5-4-6-15(17)22/h4-8,12,25H,9-10H2,1-3H3. The van der Waals surface area contributed by atoms with Crippen LogP contribution in [-0.2, 0) is 4.74 Å². The molecule has 0 saturated carbocycles. The number of hydrogen-bond donors (Lipinski definition) is 1. The van der Waals surface area contributed by atoms with Crippen LogP contribution in [0.5, 0.6) is 5.75 Å². The quantitative estimate of drug-likeness (QED) is 0.706. The van der Waals surface area contributed by atoms with E-state index in [0.717, 1.165) is 0 Å². The SMILES string of the molecule is CC(C)(C)OC(=O)N1CC(CO)Oc2c(-c3c(Cl)cccc3Cl)cc(F)cc21. The van der Waals surface area contributed by atoms with Gasteiger partial charge in [-0.25, -0.2) is 9.18 Å². The van der Waals surface area contributed by atoms with Gasteiger partial charge in [0.1, 0.15) is 17.5 Å². The van der Waals surface area contributed by atoms with Crippen LogP contribution in [0.15, 0.2) is 30.3 Å². The van der Waals surface area contributed by atoms with Crippen LogP contribution in [0.25, 0.3) is 11.1 Å². The number of fused-ring (bicyclic) bond motifs is 1. The third-order valence-electron chi connectivity index (χ3n) is 4.05. The number of aliphatic hydroxyl groups is 1. The summed E-state index contributed by atoms with van der Waals surface area (Å²) in [4.78, 5) is 14.0. The number of carbonyl (C=O) groups excluding carboxylic acids is 1. The molecule has 0 bridgehead atoms. The van der Waals surface area contributed by atoms with Crippen molar-refractivity contribution in [1.29, 1.82) is 0 Å². The molecule has 8 heteroatoms. The molecule has 1 aliphatic heterocycles. The van der Waals surface area contributed by atoms with Crippen molar-refractivity contribution in [3.8, 4) is 16.9 Å². The molecule has 1 aliphatic rings. The molecule has 5 nitrogen and oxygen atoms in total. The minimum Gasteiger partial charge on any atom is -0.483 e. The van der Waals surface area contributed by atoms with Crippen molar-refractivity contribution < 1.29 is 23.8 Å². The van der Waals surface area contributed by atoms with Gasteiger partial charge in [0.25, 0.3) is 0 Å². The largest absolute Gasteiger partial charge is 0.483 e. The number of anilines is 1. The molecular formula is C20H20Cl2FNO4. The number of hydrogen-bond acceptors (Lipinski definition) is 4. The first-order valence-electron chi connectivity index (χ1n) is 8.66. The molecule has 2 aromatic carbocycles. The van der Waals surface area contributed by atoms with Gasteiger partial charge < -0.3 is 14.6 Å².